The molecule has 5 heteroatoms. The zero-order valence-corrected chi connectivity index (χ0v) is 9.50. The van der Waals surface area contributed by atoms with Crippen molar-refractivity contribution in [2.24, 2.45) is 10.8 Å². The lowest BCUT2D eigenvalue weighted by Crippen LogP contribution is -2.29. The predicted molar refractivity (Wildman–Crippen MR) is 62.5 cm³/mol. The molecule has 0 saturated carbocycles. The van der Waals surface area contributed by atoms with Crippen LogP contribution in [0.3, 0.4) is 0 Å². The van der Waals surface area contributed by atoms with E-state index in [0.29, 0.717) is 0 Å². The highest BCUT2D eigenvalue weighted by molar-refractivity contribution is 5.97. The van der Waals surface area contributed by atoms with Crippen molar-refractivity contribution in [1.82, 2.24) is 5.01 Å². The normalized spacial score (nSPS) is 17.3. The highest BCUT2D eigenvalue weighted by Gasteiger charge is 2.14. The smallest absolute Gasteiger partial charge is 0.156 e. The predicted octanol–water partition coefficient (Wildman–Crippen LogP) is 2.07. The van der Waals surface area contributed by atoms with Crippen molar-refractivity contribution < 1.29 is 8.78 Å². The van der Waals surface area contributed by atoms with E-state index in [1.54, 1.807) is 5.01 Å². The first kappa shape index (κ1) is 11.8. The first-order valence-corrected chi connectivity index (χ1v) is 5.72. The molecular weight excluding hydrogens is 224 g/mol. The monoisotopic (exact) mass is 239 g/mol. The van der Waals surface area contributed by atoms with Crippen LogP contribution in [0.2, 0.25) is 0 Å². The molecule has 0 unspecified atom stereocenters. The number of amidine groups is 1. The third-order valence-electron chi connectivity index (χ3n) is 2.80. The zero-order chi connectivity index (χ0) is 12.3. The van der Waals surface area contributed by atoms with Gasteiger partial charge in [-0.1, -0.05) is 6.07 Å². The molecule has 0 aliphatic carbocycles. The fraction of sp³-hybridized carbons (Fsp3) is 0.417. The molecule has 0 radical (unpaired) electrons. The summed E-state index contributed by atoms with van der Waals surface area (Å²) in [6, 6.07) is 3.66. The van der Waals surface area contributed by atoms with Crippen LogP contribution in [0.15, 0.2) is 23.3 Å². The molecule has 92 valence electrons. The molecule has 0 spiro atoms. The molecule has 17 heavy (non-hydrogen) atoms. The minimum atomic E-state index is -0.678. The largest absolute Gasteiger partial charge is 0.382 e. The van der Waals surface area contributed by atoms with E-state index >= 15 is 0 Å². The maximum atomic E-state index is 13.4. The van der Waals surface area contributed by atoms with Gasteiger partial charge >= 0.3 is 0 Å². The quantitative estimate of drug-likeness (QED) is 0.634. The molecule has 1 saturated heterocycles. The van der Waals surface area contributed by atoms with Crippen molar-refractivity contribution >= 4 is 5.84 Å². The summed E-state index contributed by atoms with van der Waals surface area (Å²) in [5.74, 6) is -1.45. The molecule has 2 rings (SSSR count). The molecule has 0 amide bonds. The zero-order valence-electron chi connectivity index (χ0n) is 9.50. The average Bonchev–Trinajstić information content (AvgIpc) is 2.30. The lowest BCUT2D eigenvalue weighted by molar-refractivity contribution is 0.239. The van der Waals surface area contributed by atoms with Gasteiger partial charge in [-0.05, 0) is 31.4 Å². The Hall–Kier alpha value is -1.65. The molecule has 1 aliphatic heterocycles. The molecule has 1 aromatic rings. The van der Waals surface area contributed by atoms with Gasteiger partial charge in [0.1, 0.15) is 11.6 Å². The van der Waals surface area contributed by atoms with E-state index in [2.05, 4.69) is 5.10 Å². The Morgan fingerprint density at radius 1 is 1.12 bits per heavy atom. The van der Waals surface area contributed by atoms with Crippen LogP contribution >= 0.6 is 0 Å². The Kier molecular flexibility index (Phi) is 3.56. The van der Waals surface area contributed by atoms with E-state index in [9.17, 15) is 8.78 Å². The second-order valence-electron chi connectivity index (χ2n) is 4.10. The Morgan fingerprint density at radius 2 is 1.71 bits per heavy atom. The Bertz CT molecular complexity index is 406. The topological polar surface area (TPSA) is 41.6 Å². The van der Waals surface area contributed by atoms with Gasteiger partial charge in [0.2, 0.25) is 0 Å². The molecule has 1 aliphatic rings. The second kappa shape index (κ2) is 5.12. The molecule has 1 fully saturated rings. The first-order valence-electron chi connectivity index (χ1n) is 5.72. The highest BCUT2D eigenvalue weighted by Crippen LogP contribution is 2.14. The van der Waals surface area contributed by atoms with Crippen LogP contribution in [0.25, 0.3) is 0 Å². The molecule has 1 heterocycles. The van der Waals surface area contributed by atoms with E-state index in [1.165, 1.54) is 24.6 Å². The summed E-state index contributed by atoms with van der Waals surface area (Å²) in [7, 11) is 0. The Labute approximate surface area is 98.9 Å². The first-order chi connectivity index (χ1) is 8.18. The molecular formula is C12H15F2N3. The lowest BCUT2D eigenvalue weighted by Gasteiger charge is -2.24. The molecule has 3 nitrogen and oxygen atoms in total. The number of nitrogens with two attached hydrogens (primary N) is 1. The van der Waals surface area contributed by atoms with Gasteiger partial charge in [0.25, 0.3) is 0 Å². The number of halogens is 2. The highest BCUT2D eigenvalue weighted by atomic mass is 19.1. The molecule has 0 aromatic heterocycles. The maximum absolute atomic E-state index is 13.4. The second-order valence-corrected chi connectivity index (χ2v) is 4.10. The van der Waals surface area contributed by atoms with Crippen molar-refractivity contribution in [3.05, 3.63) is 35.4 Å². The number of hydrogen-bond donors (Lipinski definition) is 1. The van der Waals surface area contributed by atoms with Crippen LogP contribution in [-0.2, 0) is 0 Å². The third-order valence-corrected chi connectivity index (χ3v) is 2.80. The number of rotatable bonds is 2. The molecule has 1 aromatic carbocycles. The minimum absolute atomic E-state index is 0.0949. The minimum Gasteiger partial charge on any atom is -0.382 e. The van der Waals surface area contributed by atoms with Crippen LogP contribution in [0.1, 0.15) is 24.8 Å². The summed E-state index contributed by atoms with van der Waals surface area (Å²) in [5, 5.41) is 5.84. The van der Waals surface area contributed by atoms with E-state index in [-0.39, 0.29) is 11.4 Å². The van der Waals surface area contributed by atoms with Crippen LogP contribution in [-0.4, -0.2) is 23.9 Å². The van der Waals surface area contributed by atoms with Crippen LogP contribution in [0, 0.1) is 11.6 Å². The fourth-order valence-electron chi connectivity index (χ4n) is 1.92. The number of nitrogens with zero attached hydrogens (tertiary/aromatic N) is 2. The van der Waals surface area contributed by atoms with E-state index < -0.39 is 11.6 Å². The summed E-state index contributed by atoms with van der Waals surface area (Å²) in [4.78, 5) is 0. The summed E-state index contributed by atoms with van der Waals surface area (Å²) < 4.78 is 26.9. The van der Waals surface area contributed by atoms with Crippen molar-refractivity contribution in [2.75, 3.05) is 13.1 Å². The van der Waals surface area contributed by atoms with Gasteiger partial charge in [0, 0.05) is 13.1 Å². The lowest BCUT2D eigenvalue weighted by atomic mass is 10.1. The van der Waals surface area contributed by atoms with Gasteiger partial charge < -0.3 is 5.73 Å². The van der Waals surface area contributed by atoms with Gasteiger partial charge in [0.15, 0.2) is 5.84 Å². The summed E-state index contributed by atoms with van der Waals surface area (Å²) >= 11 is 0. The maximum Gasteiger partial charge on any atom is 0.156 e. The third kappa shape index (κ3) is 2.72. The standard InChI is InChI=1S/C12H15F2N3/c13-9-5-4-6-10(14)11(9)12(15)16-17-7-2-1-3-8-17/h4-6H,1-3,7-8H2,(H2,15,16). The van der Waals surface area contributed by atoms with Crippen LogP contribution in [0.5, 0.6) is 0 Å². The van der Waals surface area contributed by atoms with E-state index in [1.807, 2.05) is 0 Å². The molecule has 2 N–H and O–H groups in total. The average molecular weight is 239 g/mol. The van der Waals surface area contributed by atoms with Crippen LogP contribution in [0.4, 0.5) is 8.78 Å². The van der Waals surface area contributed by atoms with Gasteiger partial charge in [-0.25, -0.2) is 8.78 Å². The van der Waals surface area contributed by atoms with Crippen molar-refractivity contribution in [1.29, 1.82) is 0 Å². The Balaban J connectivity index is 2.23. The number of hydrazone groups is 1. The SMILES string of the molecule is N/C(=N\N1CCCCC1)c1c(F)cccc1F. The number of benzene rings is 1. The van der Waals surface area contributed by atoms with Gasteiger partial charge in [-0.3, -0.25) is 5.01 Å². The van der Waals surface area contributed by atoms with Crippen molar-refractivity contribution in [3.8, 4) is 0 Å². The number of piperidine rings is 1. The fourth-order valence-corrected chi connectivity index (χ4v) is 1.92. The molecule has 0 bridgehead atoms. The Morgan fingerprint density at radius 3 is 2.29 bits per heavy atom. The van der Waals surface area contributed by atoms with Gasteiger partial charge in [-0.15, -0.1) is 0 Å². The van der Waals surface area contributed by atoms with E-state index in [0.717, 1.165) is 25.9 Å². The number of hydrogen-bond acceptors (Lipinski definition) is 2. The van der Waals surface area contributed by atoms with Gasteiger partial charge in [0.05, 0.1) is 5.56 Å². The summed E-state index contributed by atoms with van der Waals surface area (Å²) in [5.41, 5.74) is 5.42. The van der Waals surface area contributed by atoms with Crippen molar-refractivity contribution in [2.45, 2.75) is 19.3 Å². The molecule has 0 atom stereocenters. The summed E-state index contributed by atoms with van der Waals surface area (Å²) in [6.07, 6.45) is 3.24. The van der Waals surface area contributed by atoms with E-state index in [4.69, 9.17) is 5.73 Å². The van der Waals surface area contributed by atoms with Crippen molar-refractivity contribution in [3.63, 3.8) is 0 Å². The summed E-state index contributed by atoms with van der Waals surface area (Å²) in [6.45, 7) is 1.58. The van der Waals surface area contributed by atoms with Crippen LogP contribution < -0.4 is 5.73 Å². The van der Waals surface area contributed by atoms with Gasteiger partial charge in [-0.2, -0.15) is 5.10 Å².